The third-order valence-electron chi connectivity index (χ3n) is 3.23. The third kappa shape index (κ3) is 6.99. The van der Waals surface area contributed by atoms with Gasteiger partial charge in [-0.3, -0.25) is 0 Å². The lowest BCUT2D eigenvalue weighted by atomic mass is 10.1. The van der Waals surface area contributed by atoms with Crippen LogP contribution in [-0.4, -0.2) is 30.7 Å². The molecule has 0 bridgehead atoms. The molecule has 2 rings (SSSR count). The van der Waals surface area contributed by atoms with Crippen molar-refractivity contribution in [3.8, 4) is 0 Å². The van der Waals surface area contributed by atoms with Crippen molar-refractivity contribution in [3.63, 3.8) is 0 Å². The summed E-state index contributed by atoms with van der Waals surface area (Å²) in [6.45, 7) is 5.75. The maximum atomic E-state index is 10.5. The number of halogens is 2. The van der Waals surface area contributed by atoms with Gasteiger partial charge in [-0.2, -0.15) is 0 Å². The molecule has 0 radical (unpaired) electrons. The van der Waals surface area contributed by atoms with E-state index in [-0.39, 0.29) is 24.0 Å². The van der Waals surface area contributed by atoms with Crippen LogP contribution in [0.25, 0.3) is 0 Å². The van der Waals surface area contributed by atoms with E-state index >= 15 is 0 Å². The Labute approximate surface area is 176 Å². The summed E-state index contributed by atoms with van der Waals surface area (Å²) in [6.07, 6.45) is 0.946. The minimum absolute atomic E-state index is 0. The highest BCUT2D eigenvalue weighted by Gasteiger charge is 2.23. The highest BCUT2D eigenvalue weighted by Crippen LogP contribution is 2.25. The van der Waals surface area contributed by atoms with Crippen LogP contribution in [0.4, 0.5) is 0 Å². The summed E-state index contributed by atoms with van der Waals surface area (Å²) in [5.74, 6) is 0.736. The molecule has 0 saturated heterocycles. The van der Waals surface area contributed by atoms with Gasteiger partial charge in [-0.05, 0) is 59.8 Å². The largest absolute Gasteiger partial charge is 0.383 e. The first kappa shape index (κ1) is 21.9. The van der Waals surface area contributed by atoms with Crippen LogP contribution in [0.15, 0.2) is 38.4 Å². The lowest BCUT2D eigenvalue weighted by Crippen LogP contribution is -2.39. The van der Waals surface area contributed by atoms with Crippen LogP contribution < -0.4 is 10.6 Å². The van der Waals surface area contributed by atoms with Gasteiger partial charge in [-0.25, -0.2) is 4.99 Å². The Balaban J connectivity index is 0.00000288. The fraction of sp³-hybridized carbons (Fsp3) is 0.438. The fourth-order valence-electron chi connectivity index (χ4n) is 2.03. The summed E-state index contributed by atoms with van der Waals surface area (Å²) in [4.78, 5) is 6.78. The molecule has 1 atom stereocenters. The molecule has 0 saturated carbocycles. The normalized spacial score (nSPS) is 13.9. The van der Waals surface area contributed by atoms with E-state index in [2.05, 4.69) is 43.7 Å². The summed E-state index contributed by atoms with van der Waals surface area (Å²) in [7, 11) is 0. The van der Waals surface area contributed by atoms with Crippen molar-refractivity contribution in [2.24, 2.45) is 4.99 Å². The van der Waals surface area contributed by atoms with Gasteiger partial charge in [0.05, 0.1) is 10.3 Å². The summed E-state index contributed by atoms with van der Waals surface area (Å²) < 4.78 is 1.15. The Morgan fingerprint density at radius 2 is 2.12 bits per heavy atom. The minimum atomic E-state index is -0.935. The Hall–Kier alpha value is -0.160. The molecule has 4 nitrogen and oxygen atoms in total. The molecule has 2 aromatic rings. The van der Waals surface area contributed by atoms with E-state index < -0.39 is 5.60 Å². The predicted molar refractivity (Wildman–Crippen MR) is 119 cm³/mol. The van der Waals surface area contributed by atoms with Crippen molar-refractivity contribution >= 4 is 68.5 Å². The van der Waals surface area contributed by atoms with Gasteiger partial charge < -0.3 is 15.7 Å². The zero-order valence-corrected chi connectivity index (χ0v) is 19.3. The molecule has 1 unspecified atom stereocenters. The van der Waals surface area contributed by atoms with E-state index in [1.165, 1.54) is 4.88 Å². The van der Waals surface area contributed by atoms with Crippen molar-refractivity contribution in [2.75, 3.05) is 19.6 Å². The Bertz CT molecular complexity index is 629. The Morgan fingerprint density at radius 3 is 2.71 bits per heavy atom. The van der Waals surface area contributed by atoms with E-state index in [1.54, 1.807) is 29.6 Å². The quantitative estimate of drug-likeness (QED) is 0.279. The molecule has 8 heteroatoms. The van der Waals surface area contributed by atoms with Gasteiger partial charge in [-0.1, -0.05) is 6.07 Å². The topological polar surface area (TPSA) is 56.7 Å². The van der Waals surface area contributed by atoms with Gasteiger partial charge in [0.15, 0.2) is 5.96 Å². The SMILES string of the molecule is CCNC(=NCC(C)(O)c1cccs1)NCCc1ccc(Br)s1.I. The van der Waals surface area contributed by atoms with E-state index in [4.69, 9.17) is 0 Å². The minimum Gasteiger partial charge on any atom is -0.383 e. The molecular formula is C16H23BrIN3OS2. The molecule has 3 N–H and O–H groups in total. The molecule has 0 aromatic carbocycles. The molecule has 2 aromatic heterocycles. The second-order valence-electron chi connectivity index (χ2n) is 5.33. The molecule has 2 heterocycles. The van der Waals surface area contributed by atoms with Gasteiger partial charge in [0.25, 0.3) is 0 Å². The van der Waals surface area contributed by atoms with Crippen LogP contribution in [0.3, 0.4) is 0 Å². The second kappa shape index (κ2) is 10.7. The summed E-state index contributed by atoms with van der Waals surface area (Å²) in [6, 6.07) is 8.08. The number of nitrogens with one attached hydrogen (secondary N) is 2. The van der Waals surface area contributed by atoms with Crippen LogP contribution in [0.1, 0.15) is 23.6 Å². The fourth-order valence-corrected chi connectivity index (χ4v) is 4.29. The second-order valence-corrected chi connectivity index (χ2v) is 8.82. The predicted octanol–water partition coefficient (Wildman–Crippen LogP) is 4.20. The lowest BCUT2D eigenvalue weighted by molar-refractivity contribution is 0.0711. The van der Waals surface area contributed by atoms with Crippen LogP contribution in [-0.2, 0) is 12.0 Å². The van der Waals surface area contributed by atoms with Gasteiger partial charge in [0, 0.05) is 22.8 Å². The number of thiophene rings is 2. The van der Waals surface area contributed by atoms with E-state index in [1.807, 2.05) is 24.4 Å². The van der Waals surface area contributed by atoms with E-state index in [0.29, 0.717) is 6.54 Å². The monoisotopic (exact) mass is 543 g/mol. The van der Waals surface area contributed by atoms with Crippen LogP contribution in [0.2, 0.25) is 0 Å². The Morgan fingerprint density at radius 1 is 1.33 bits per heavy atom. The van der Waals surface area contributed by atoms with Gasteiger partial charge in [0.1, 0.15) is 5.60 Å². The number of aliphatic hydroxyl groups is 1. The lowest BCUT2D eigenvalue weighted by Gasteiger charge is -2.20. The molecule has 0 amide bonds. The first-order valence-electron chi connectivity index (χ1n) is 7.54. The number of guanidine groups is 1. The standard InChI is InChI=1S/C16H22BrN3OS2.HI/c1-3-18-15(19-9-8-12-6-7-14(17)23-12)20-11-16(2,21)13-5-4-10-22-13;/h4-7,10,21H,3,8-9,11H2,1-2H3,(H2,18,19,20);1H. The average Bonchev–Trinajstić information content (AvgIpc) is 3.17. The van der Waals surface area contributed by atoms with Crippen molar-refractivity contribution in [1.29, 1.82) is 0 Å². The first-order valence-corrected chi connectivity index (χ1v) is 10.0. The number of aliphatic imine (C=N–C) groups is 1. The summed E-state index contributed by atoms with van der Waals surface area (Å²) >= 11 is 6.77. The van der Waals surface area contributed by atoms with Crippen LogP contribution >= 0.6 is 62.6 Å². The third-order valence-corrected chi connectivity index (χ3v) is 6.04. The Kier molecular flexibility index (Phi) is 9.80. The van der Waals surface area contributed by atoms with Crippen molar-refractivity contribution in [1.82, 2.24) is 10.6 Å². The number of hydrogen-bond acceptors (Lipinski definition) is 4. The smallest absolute Gasteiger partial charge is 0.191 e. The number of rotatable bonds is 7. The zero-order valence-electron chi connectivity index (χ0n) is 13.7. The van der Waals surface area contributed by atoms with Gasteiger partial charge >= 0.3 is 0 Å². The van der Waals surface area contributed by atoms with E-state index in [9.17, 15) is 5.11 Å². The number of nitrogens with zero attached hydrogens (tertiary/aromatic N) is 1. The molecule has 0 fully saturated rings. The van der Waals surface area contributed by atoms with Crippen molar-refractivity contribution in [2.45, 2.75) is 25.9 Å². The van der Waals surface area contributed by atoms with Crippen LogP contribution in [0.5, 0.6) is 0 Å². The molecule has 134 valence electrons. The maximum Gasteiger partial charge on any atom is 0.191 e. The van der Waals surface area contributed by atoms with Gasteiger partial charge in [0.2, 0.25) is 0 Å². The molecule has 0 aliphatic rings. The van der Waals surface area contributed by atoms with Crippen LogP contribution in [0, 0.1) is 0 Å². The molecule has 0 spiro atoms. The molecule has 0 aliphatic heterocycles. The summed E-state index contributed by atoms with van der Waals surface area (Å²) in [5, 5.41) is 19.0. The number of hydrogen-bond donors (Lipinski definition) is 3. The highest BCUT2D eigenvalue weighted by molar-refractivity contribution is 14.0. The summed E-state index contributed by atoms with van der Waals surface area (Å²) in [5.41, 5.74) is -0.935. The highest BCUT2D eigenvalue weighted by atomic mass is 127. The first-order chi connectivity index (χ1) is 11.0. The maximum absolute atomic E-state index is 10.5. The van der Waals surface area contributed by atoms with Crippen molar-refractivity contribution in [3.05, 3.63) is 43.2 Å². The van der Waals surface area contributed by atoms with Gasteiger partial charge in [-0.15, -0.1) is 46.7 Å². The average molecular weight is 544 g/mol. The molecular weight excluding hydrogens is 521 g/mol. The van der Waals surface area contributed by atoms with E-state index in [0.717, 1.165) is 34.1 Å². The van der Waals surface area contributed by atoms with Crippen molar-refractivity contribution < 1.29 is 5.11 Å². The molecule has 0 aliphatic carbocycles. The molecule has 24 heavy (non-hydrogen) atoms. The zero-order chi connectivity index (χ0) is 16.7.